The van der Waals surface area contributed by atoms with E-state index >= 15 is 0 Å². The fourth-order valence-corrected chi connectivity index (χ4v) is 4.36. The van der Waals surface area contributed by atoms with E-state index in [-0.39, 0.29) is 5.91 Å². The van der Waals surface area contributed by atoms with Gasteiger partial charge in [-0.25, -0.2) is 0 Å². The third kappa shape index (κ3) is 7.30. The molecule has 4 nitrogen and oxygen atoms in total. The minimum Gasteiger partial charge on any atom is -0.395 e. The smallest absolute Gasteiger partial charge is 0.334 e. The number of hydrogen-bond acceptors (Lipinski definition) is 3. The fourth-order valence-electron chi connectivity index (χ4n) is 1.96. The second-order valence-electron chi connectivity index (χ2n) is 4.38. The van der Waals surface area contributed by atoms with E-state index < -0.39 is 8.56 Å². The molecule has 0 saturated heterocycles. The highest BCUT2D eigenvalue weighted by atomic mass is 28.4. The summed E-state index contributed by atoms with van der Waals surface area (Å²) in [5, 5.41) is 0. The van der Waals surface area contributed by atoms with Crippen molar-refractivity contribution in [3.63, 3.8) is 0 Å². The van der Waals surface area contributed by atoms with Gasteiger partial charge in [0.15, 0.2) is 0 Å². The summed E-state index contributed by atoms with van der Waals surface area (Å²) in [7, 11) is -2.07. The van der Waals surface area contributed by atoms with Crippen molar-refractivity contribution in [1.29, 1.82) is 0 Å². The Hall–Kier alpha value is -0.913. The second-order valence-corrected chi connectivity index (χ2v) is 7.73. The Morgan fingerprint density at radius 3 is 2.26 bits per heavy atom. The molecule has 0 saturated carbocycles. The van der Waals surface area contributed by atoms with Crippen molar-refractivity contribution in [2.45, 2.75) is 32.9 Å². The number of carbonyl (C=O) groups is 1. The minimum absolute atomic E-state index is 0.0592. The summed E-state index contributed by atoms with van der Waals surface area (Å²) in [6, 6.07) is 0.882. The van der Waals surface area contributed by atoms with Crippen LogP contribution < -0.4 is 0 Å². The van der Waals surface area contributed by atoms with E-state index in [9.17, 15) is 4.79 Å². The highest BCUT2D eigenvalue weighted by Crippen LogP contribution is 2.16. The van der Waals surface area contributed by atoms with E-state index in [1.165, 1.54) is 6.08 Å². The van der Waals surface area contributed by atoms with Crippen molar-refractivity contribution in [2.24, 2.45) is 0 Å². The van der Waals surface area contributed by atoms with E-state index in [2.05, 4.69) is 19.7 Å². The van der Waals surface area contributed by atoms with Crippen LogP contribution in [0.25, 0.3) is 0 Å². The first-order chi connectivity index (χ1) is 9.02. The summed E-state index contributed by atoms with van der Waals surface area (Å²) >= 11 is 0. The maximum Gasteiger partial charge on any atom is 0.334 e. The standard InChI is InChI=1S/C14H27NO3Si/c1-6-11-15(14(16)7-2)12-10-13-19(5,17-8-3)18-9-4/h6-7H,1-2,8-13H2,3-5H3. The van der Waals surface area contributed by atoms with Crippen LogP contribution in [0.3, 0.4) is 0 Å². The maximum absolute atomic E-state index is 11.6. The molecular weight excluding hydrogens is 258 g/mol. The van der Waals surface area contributed by atoms with Crippen LogP contribution in [0.5, 0.6) is 0 Å². The average molecular weight is 285 g/mol. The van der Waals surface area contributed by atoms with Gasteiger partial charge in [-0.1, -0.05) is 12.7 Å². The zero-order valence-electron chi connectivity index (χ0n) is 12.5. The fraction of sp³-hybridized carbons (Fsp3) is 0.643. The van der Waals surface area contributed by atoms with Gasteiger partial charge < -0.3 is 13.8 Å². The van der Waals surface area contributed by atoms with Crippen molar-refractivity contribution in [1.82, 2.24) is 4.90 Å². The number of carbonyl (C=O) groups excluding carboxylic acids is 1. The molecule has 19 heavy (non-hydrogen) atoms. The van der Waals surface area contributed by atoms with Crippen LogP contribution in [0, 0.1) is 0 Å². The van der Waals surface area contributed by atoms with Crippen molar-refractivity contribution in [2.75, 3.05) is 26.3 Å². The lowest BCUT2D eigenvalue weighted by Crippen LogP contribution is -2.40. The molecule has 0 aliphatic carbocycles. The zero-order valence-corrected chi connectivity index (χ0v) is 13.5. The lowest BCUT2D eigenvalue weighted by atomic mass is 10.3. The van der Waals surface area contributed by atoms with Gasteiger partial charge in [0.2, 0.25) is 5.91 Å². The van der Waals surface area contributed by atoms with E-state index in [0.29, 0.717) is 26.3 Å². The van der Waals surface area contributed by atoms with Crippen LogP contribution in [0.15, 0.2) is 25.3 Å². The number of nitrogens with zero attached hydrogens (tertiary/aromatic N) is 1. The topological polar surface area (TPSA) is 38.8 Å². The van der Waals surface area contributed by atoms with Gasteiger partial charge in [-0.05, 0) is 38.9 Å². The van der Waals surface area contributed by atoms with Crippen LogP contribution in [0.2, 0.25) is 12.6 Å². The highest BCUT2D eigenvalue weighted by molar-refractivity contribution is 6.66. The van der Waals surface area contributed by atoms with E-state index in [1.54, 1.807) is 11.0 Å². The third-order valence-corrected chi connectivity index (χ3v) is 5.85. The van der Waals surface area contributed by atoms with Gasteiger partial charge in [0.1, 0.15) is 0 Å². The molecule has 0 aliphatic rings. The molecule has 0 spiro atoms. The Morgan fingerprint density at radius 1 is 1.26 bits per heavy atom. The number of hydrogen-bond donors (Lipinski definition) is 0. The summed E-state index contributed by atoms with van der Waals surface area (Å²) in [5.74, 6) is -0.0592. The van der Waals surface area contributed by atoms with Crippen molar-refractivity contribution < 1.29 is 13.6 Å². The van der Waals surface area contributed by atoms with Gasteiger partial charge in [-0.2, -0.15) is 0 Å². The molecule has 0 heterocycles. The molecule has 0 aromatic carbocycles. The SMILES string of the molecule is C=CCN(CCC[Si](C)(OCC)OCC)C(=O)C=C. The monoisotopic (exact) mass is 285 g/mol. The van der Waals surface area contributed by atoms with Crippen molar-refractivity contribution in [3.05, 3.63) is 25.3 Å². The Morgan fingerprint density at radius 2 is 1.84 bits per heavy atom. The van der Waals surface area contributed by atoms with Gasteiger partial charge >= 0.3 is 8.56 Å². The Bertz CT molecular complexity index is 288. The number of rotatable bonds is 11. The molecule has 0 rings (SSSR count). The molecular formula is C14H27NO3Si. The van der Waals surface area contributed by atoms with Crippen molar-refractivity contribution in [3.8, 4) is 0 Å². The highest BCUT2D eigenvalue weighted by Gasteiger charge is 2.30. The Labute approximate surface area is 118 Å². The van der Waals surface area contributed by atoms with Crippen LogP contribution in [0.4, 0.5) is 0 Å². The zero-order chi connectivity index (χ0) is 14.7. The lowest BCUT2D eigenvalue weighted by Gasteiger charge is -2.27. The van der Waals surface area contributed by atoms with E-state index in [0.717, 1.165) is 12.5 Å². The first-order valence-corrected chi connectivity index (χ1v) is 9.35. The van der Waals surface area contributed by atoms with E-state index in [1.807, 2.05) is 13.8 Å². The predicted octanol–water partition coefficient (Wildman–Crippen LogP) is 2.72. The van der Waals surface area contributed by atoms with Gasteiger partial charge in [-0.3, -0.25) is 4.79 Å². The molecule has 110 valence electrons. The van der Waals surface area contributed by atoms with Gasteiger partial charge in [0, 0.05) is 26.3 Å². The summed E-state index contributed by atoms with van der Waals surface area (Å²) in [6.07, 6.45) is 3.93. The molecule has 0 aromatic rings. The Kier molecular flexibility index (Phi) is 9.47. The lowest BCUT2D eigenvalue weighted by molar-refractivity contribution is -0.125. The molecule has 0 unspecified atom stereocenters. The first kappa shape index (κ1) is 18.1. The normalized spacial score (nSPS) is 11.1. The molecule has 5 heteroatoms. The molecule has 0 radical (unpaired) electrons. The summed E-state index contributed by atoms with van der Waals surface area (Å²) in [6.45, 7) is 15.8. The Balaban J connectivity index is 4.31. The largest absolute Gasteiger partial charge is 0.395 e. The van der Waals surface area contributed by atoms with Crippen molar-refractivity contribution >= 4 is 14.5 Å². The molecule has 0 aliphatic heterocycles. The molecule has 0 fully saturated rings. The van der Waals surface area contributed by atoms with Gasteiger partial charge in [0.25, 0.3) is 0 Å². The van der Waals surface area contributed by atoms with Gasteiger partial charge in [0.05, 0.1) is 0 Å². The third-order valence-electron chi connectivity index (χ3n) is 2.79. The number of amides is 1. The van der Waals surface area contributed by atoms with Crippen LogP contribution in [0.1, 0.15) is 20.3 Å². The molecule has 0 N–H and O–H groups in total. The summed E-state index contributed by atoms with van der Waals surface area (Å²) in [5.41, 5.74) is 0. The predicted molar refractivity (Wildman–Crippen MR) is 81.3 cm³/mol. The van der Waals surface area contributed by atoms with Crippen LogP contribution in [-0.2, 0) is 13.6 Å². The first-order valence-electron chi connectivity index (χ1n) is 6.83. The molecule has 0 atom stereocenters. The average Bonchev–Trinajstić information content (AvgIpc) is 2.37. The van der Waals surface area contributed by atoms with Gasteiger partial charge in [-0.15, -0.1) is 6.58 Å². The molecule has 0 bridgehead atoms. The van der Waals surface area contributed by atoms with Crippen LogP contribution in [-0.4, -0.2) is 45.7 Å². The quantitative estimate of drug-likeness (QED) is 0.333. The summed E-state index contributed by atoms with van der Waals surface area (Å²) in [4.78, 5) is 13.3. The maximum atomic E-state index is 11.6. The van der Waals surface area contributed by atoms with Crippen LogP contribution >= 0.6 is 0 Å². The minimum atomic E-state index is -2.07. The molecule has 0 aromatic heterocycles. The second kappa shape index (κ2) is 9.94. The summed E-state index contributed by atoms with van der Waals surface area (Å²) < 4.78 is 11.5. The van der Waals surface area contributed by atoms with E-state index in [4.69, 9.17) is 8.85 Å². The molecule has 1 amide bonds.